The highest BCUT2D eigenvalue weighted by Crippen LogP contribution is 2.42. The van der Waals surface area contributed by atoms with Crippen LogP contribution in [0.1, 0.15) is 10.4 Å². The van der Waals surface area contributed by atoms with Crippen molar-refractivity contribution in [1.29, 1.82) is 0 Å². The van der Waals surface area contributed by atoms with Crippen molar-refractivity contribution in [2.24, 2.45) is 0 Å². The van der Waals surface area contributed by atoms with E-state index in [0.29, 0.717) is 11.5 Å². The molecule has 0 aliphatic rings. The second-order valence-electron chi connectivity index (χ2n) is 7.37. The van der Waals surface area contributed by atoms with Gasteiger partial charge in [-0.3, -0.25) is 4.72 Å². The molecule has 1 unspecified atom stereocenters. The largest absolute Gasteiger partial charge is 0.497 e. The Balaban J connectivity index is 2.12. The Morgan fingerprint density at radius 1 is 0.972 bits per heavy atom. The molecule has 4 N–H and O–H groups in total. The van der Waals surface area contributed by atoms with Gasteiger partial charge in [-0.2, -0.15) is 0 Å². The summed E-state index contributed by atoms with van der Waals surface area (Å²) < 4.78 is 50.3. The number of aromatic carboxylic acids is 1. The molecule has 0 saturated heterocycles. The fourth-order valence-corrected chi connectivity index (χ4v) is 4.05. The van der Waals surface area contributed by atoms with E-state index < -0.39 is 35.3 Å². The lowest BCUT2D eigenvalue weighted by atomic mass is 10.1. The van der Waals surface area contributed by atoms with Crippen LogP contribution < -0.4 is 23.7 Å². The molecule has 0 fully saturated rings. The van der Waals surface area contributed by atoms with Crippen LogP contribution in [0.25, 0.3) is 0 Å². The average molecular weight is 520 g/mol. The number of sulfonamides is 1. The highest BCUT2D eigenvalue weighted by molar-refractivity contribution is 7.92. The molecule has 0 bridgehead atoms. The van der Waals surface area contributed by atoms with Gasteiger partial charge in [-0.25, -0.2) is 13.2 Å². The molecular formula is C24H25NO10S. The number of aliphatic hydroxyl groups excluding tert-OH is 2. The minimum absolute atomic E-state index is 0.116. The number of methoxy groups -OCH3 is 2. The lowest BCUT2D eigenvalue weighted by Crippen LogP contribution is -2.22. The van der Waals surface area contributed by atoms with Gasteiger partial charge in [0.2, 0.25) is 0 Å². The maximum absolute atomic E-state index is 13.1. The molecule has 0 aliphatic carbocycles. The number of nitrogens with one attached hydrogen (secondary N) is 1. The third-order valence-electron chi connectivity index (χ3n) is 4.82. The molecule has 11 nitrogen and oxygen atoms in total. The van der Waals surface area contributed by atoms with E-state index in [9.17, 15) is 23.4 Å². The first-order valence-electron chi connectivity index (χ1n) is 10.5. The van der Waals surface area contributed by atoms with E-state index in [2.05, 4.69) is 4.72 Å². The topological polar surface area (TPSA) is 161 Å². The third-order valence-corrected chi connectivity index (χ3v) is 6.20. The number of rotatable bonds is 12. The smallest absolute Gasteiger partial charge is 0.335 e. The van der Waals surface area contributed by atoms with Gasteiger partial charge in [0.1, 0.15) is 30.0 Å². The number of hydrogen-bond acceptors (Lipinski definition) is 9. The minimum atomic E-state index is -4.21. The zero-order valence-corrected chi connectivity index (χ0v) is 20.2. The molecule has 0 aromatic heterocycles. The summed E-state index contributed by atoms with van der Waals surface area (Å²) in [6.07, 6.45) is -1.28. The molecular weight excluding hydrogens is 494 g/mol. The van der Waals surface area contributed by atoms with Gasteiger partial charge in [0.25, 0.3) is 10.0 Å². The Hall–Kier alpha value is -4.00. The van der Waals surface area contributed by atoms with E-state index in [4.69, 9.17) is 24.1 Å². The fraction of sp³-hybridized carbons (Fsp3) is 0.208. The number of carboxylic acid groups (broad SMARTS) is 1. The minimum Gasteiger partial charge on any atom is -0.497 e. The Bertz CT molecular complexity index is 1310. The highest BCUT2D eigenvalue weighted by Gasteiger charge is 2.24. The van der Waals surface area contributed by atoms with Gasteiger partial charge in [0, 0.05) is 6.07 Å². The van der Waals surface area contributed by atoms with E-state index in [1.807, 2.05) is 0 Å². The van der Waals surface area contributed by atoms with Crippen LogP contribution in [0.15, 0.2) is 65.6 Å². The number of ether oxygens (including phenoxy) is 4. The van der Waals surface area contributed by atoms with Crippen molar-refractivity contribution in [1.82, 2.24) is 0 Å². The molecule has 3 rings (SSSR count). The van der Waals surface area contributed by atoms with E-state index in [1.165, 1.54) is 44.6 Å². The van der Waals surface area contributed by atoms with E-state index in [-0.39, 0.29) is 33.4 Å². The molecule has 0 radical (unpaired) electrons. The Kier molecular flexibility index (Phi) is 8.59. The standard InChI is InChI=1S/C24H25NO10S/c1-32-17-6-8-20(9-7-17)36(30,31)25-21-10-15(24(28)29)11-22(34-14-16(27)13-26)23(21)35-19-5-3-4-18(12-19)33-2/h3-12,16,25-27H,13-14H2,1-2H3,(H,28,29). The van der Waals surface area contributed by atoms with Crippen LogP contribution in [-0.2, 0) is 10.0 Å². The fourth-order valence-electron chi connectivity index (χ4n) is 2.99. The van der Waals surface area contributed by atoms with Crippen molar-refractivity contribution in [2.45, 2.75) is 11.0 Å². The quantitative estimate of drug-likeness (QED) is 0.280. The number of anilines is 1. The molecule has 0 aliphatic heterocycles. The third kappa shape index (κ3) is 6.56. The summed E-state index contributed by atoms with van der Waals surface area (Å²) in [7, 11) is -1.31. The molecule has 3 aromatic carbocycles. The molecule has 3 aromatic rings. The lowest BCUT2D eigenvalue weighted by molar-refractivity contribution is 0.0528. The molecule has 1 atom stereocenters. The zero-order chi connectivity index (χ0) is 26.3. The SMILES string of the molecule is COc1ccc(S(=O)(=O)Nc2cc(C(=O)O)cc(OCC(O)CO)c2Oc2cccc(OC)c2)cc1. The van der Waals surface area contributed by atoms with Gasteiger partial charge in [-0.15, -0.1) is 0 Å². The van der Waals surface area contributed by atoms with Crippen molar-refractivity contribution in [3.63, 3.8) is 0 Å². The molecule has 12 heteroatoms. The van der Waals surface area contributed by atoms with E-state index in [1.54, 1.807) is 18.2 Å². The monoisotopic (exact) mass is 519 g/mol. The molecule has 192 valence electrons. The summed E-state index contributed by atoms with van der Waals surface area (Å²) in [5, 5.41) is 28.4. The lowest BCUT2D eigenvalue weighted by Gasteiger charge is -2.19. The molecule has 0 amide bonds. The van der Waals surface area contributed by atoms with Crippen LogP contribution in [-0.4, -0.2) is 63.2 Å². The van der Waals surface area contributed by atoms with Gasteiger partial charge in [-0.05, 0) is 48.5 Å². The summed E-state index contributed by atoms with van der Waals surface area (Å²) in [4.78, 5) is 11.6. The predicted molar refractivity (Wildman–Crippen MR) is 129 cm³/mol. The molecule has 0 heterocycles. The molecule has 0 spiro atoms. The number of carboxylic acids is 1. The van der Waals surface area contributed by atoms with Crippen LogP contribution in [0.3, 0.4) is 0 Å². The summed E-state index contributed by atoms with van der Waals surface area (Å²) in [6.45, 7) is -1.03. The highest BCUT2D eigenvalue weighted by atomic mass is 32.2. The van der Waals surface area contributed by atoms with Gasteiger partial charge < -0.3 is 34.3 Å². The van der Waals surface area contributed by atoms with Crippen LogP contribution in [0.5, 0.6) is 28.7 Å². The normalized spacial score (nSPS) is 11.9. The van der Waals surface area contributed by atoms with E-state index in [0.717, 1.165) is 12.1 Å². The first-order valence-corrected chi connectivity index (χ1v) is 12.0. The summed E-state index contributed by atoms with van der Waals surface area (Å²) in [6, 6.07) is 14.2. The van der Waals surface area contributed by atoms with Crippen molar-refractivity contribution in [2.75, 3.05) is 32.2 Å². The van der Waals surface area contributed by atoms with Gasteiger partial charge in [0.05, 0.1) is 37.0 Å². The number of benzene rings is 3. The summed E-state index contributed by atoms with van der Waals surface area (Å²) in [5.74, 6) is -0.585. The predicted octanol–water partition coefficient (Wildman–Crippen LogP) is 2.73. The van der Waals surface area contributed by atoms with Gasteiger partial charge in [0.15, 0.2) is 11.5 Å². The van der Waals surface area contributed by atoms with Crippen molar-refractivity contribution < 1.29 is 47.5 Å². The zero-order valence-electron chi connectivity index (χ0n) is 19.4. The van der Waals surface area contributed by atoms with Crippen LogP contribution in [0, 0.1) is 0 Å². The number of carbonyl (C=O) groups is 1. The van der Waals surface area contributed by atoms with Crippen LogP contribution in [0.2, 0.25) is 0 Å². The maximum atomic E-state index is 13.1. The molecule has 0 saturated carbocycles. The molecule has 36 heavy (non-hydrogen) atoms. The second kappa shape index (κ2) is 11.6. The number of aliphatic hydroxyl groups is 2. The Morgan fingerprint density at radius 3 is 2.25 bits per heavy atom. The summed E-state index contributed by atoms with van der Waals surface area (Å²) in [5.41, 5.74) is -0.545. The first kappa shape index (κ1) is 26.6. The van der Waals surface area contributed by atoms with Crippen LogP contribution in [0.4, 0.5) is 5.69 Å². The van der Waals surface area contributed by atoms with Crippen molar-refractivity contribution in [3.05, 3.63) is 66.2 Å². The van der Waals surface area contributed by atoms with Crippen molar-refractivity contribution >= 4 is 21.7 Å². The van der Waals surface area contributed by atoms with Crippen LogP contribution >= 0.6 is 0 Å². The van der Waals surface area contributed by atoms with Gasteiger partial charge in [-0.1, -0.05) is 6.07 Å². The summed E-state index contributed by atoms with van der Waals surface area (Å²) >= 11 is 0. The first-order chi connectivity index (χ1) is 17.2. The maximum Gasteiger partial charge on any atom is 0.335 e. The van der Waals surface area contributed by atoms with Crippen molar-refractivity contribution in [3.8, 4) is 28.7 Å². The van der Waals surface area contributed by atoms with Gasteiger partial charge >= 0.3 is 5.97 Å². The second-order valence-corrected chi connectivity index (χ2v) is 9.05. The Labute approximate surface area is 207 Å². The Morgan fingerprint density at radius 2 is 1.64 bits per heavy atom. The number of hydrogen-bond donors (Lipinski definition) is 4. The average Bonchev–Trinajstić information content (AvgIpc) is 2.88. The van der Waals surface area contributed by atoms with E-state index >= 15 is 0 Å².